The smallest absolute Gasteiger partial charge is 0.305 e. The van der Waals surface area contributed by atoms with E-state index in [1.807, 2.05) is 0 Å². The summed E-state index contributed by atoms with van der Waals surface area (Å²) in [6.45, 7) is 1.18. The summed E-state index contributed by atoms with van der Waals surface area (Å²) in [5, 5.41) is 16.9. The van der Waals surface area contributed by atoms with E-state index in [0.29, 0.717) is 13.0 Å². The minimum Gasteiger partial charge on any atom is -0.481 e. The number of aliphatic carboxylic acids is 1. The molecule has 1 atom stereocenters. The van der Waals surface area contributed by atoms with E-state index in [9.17, 15) is 9.59 Å². The van der Waals surface area contributed by atoms with Crippen molar-refractivity contribution in [2.24, 2.45) is 0 Å². The molecule has 4 N–H and O–H groups in total. The zero-order chi connectivity index (χ0) is 13.6. The molecule has 1 aliphatic rings. The van der Waals surface area contributed by atoms with E-state index in [0.717, 1.165) is 13.0 Å². The van der Waals surface area contributed by atoms with Gasteiger partial charge in [0.05, 0.1) is 12.5 Å². The van der Waals surface area contributed by atoms with Crippen LogP contribution in [0.1, 0.15) is 19.3 Å². The lowest BCUT2D eigenvalue weighted by Gasteiger charge is -2.30. The van der Waals surface area contributed by atoms with Crippen molar-refractivity contribution in [1.82, 2.24) is 16.0 Å². The minimum absolute atomic E-state index is 0.0994. The summed E-state index contributed by atoms with van der Waals surface area (Å²) < 4.78 is -1.20. The van der Waals surface area contributed by atoms with Crippen LogP contribution < -0.4 is 16.0 Å². The molecule has 0 aromatic heterocycles. The summed E-state index contributed by atoms with van der Waals surface area (Å²) in [4.78, 5) is 22.2. The normalized spacial score (nSPS) is 23.8. The van der Waals surface area contributed by atoms with Crippen molar-refractivity contribution < 1.29 is 14.7 Å². The molecule has 0 spiro atoms. The maximum atomic E-state index is 11.8. The first-order valence-electron chi connectivity index (χ1n) is 5.76. The van der Waals surface area contributed by atoms with Crippen molar-refractivity contribution in [3.8, 4) is 0 Å². The van der Waals surface area contributed by atoms with Crippen LogP contribution in [0.2, 0.25) is 0 Å². The fourth-order valence-corrected chi connectivity index (χ4v) is 2.12. The molecule has 0 bridgehead atoms. The Morgan fingerprint density at radius 2 is 2.17 bits per heavy atom. The molecule has 1 saturated heterocycles. The Morgan fingerprint density at radius 3 is 2.83 bits per heavy atom. The van der Waals surface area contributed by atoms with Gasteiger partial charge in [0.25, 0.3) is 0 Å². The third-order valence-electron chi connectivity index (χ3n) is 2.53. The minimum atomic E-state index is -1.20. The molecule has 1 heterocycles. The zero-order valence-electron chi connectivity index (χ0n) is 9.84. The SMILES string of the molecule is O=C(O)CCNC(=O)C1CCCNCC(Cl)(Cl)N1. The number of carbonyl (C=O) groups is 2. The van der Waals surface area contributed by atoms with Crippen molar-refractivity contribution >= 4 is 35.1 Å². The number of hydrogen-bond acceptors (Lipinski definition) is 4. The number of carboxylic acid groups (broad SMARTS) is 1. The lowest BCUT2D eigenvalue weighted by Crippen LogP contribution is -2.55. The van der Waals surface area contributed by atoms with Gasteiger partial charge in [0.15, 0.2) is 4.46 Å². The van der Waals surface area contributed by atoms with Gasteiger partial charge in [0.1, 0.15) is 0 Å². The van der Waals surface area contributed by atoms with E-state index < -0.39 is 16.5 Å². The van der Waals surface area contributed by atoms with Crippen LogP contribution in [0.3, 0.4) is 0 Å². The molecule has 0 saturated carbocycles. The van der Waals surface area contributed by atoms with Crippen LogP contribution >= 0.6 is 23.2 Å². The number of halogens is 2. The maximum absolute atomic E-state index is 11.8. The fraction of sp³-hybridized carbons (Fsp3) is 0.800. The van der Waals surface area contributed by atoms with Gasteiger partial charge in [-0.05, 0) is 19.4 Å². The van der Waals surface area contributed by atoms with E-state index in [4.69, 9.17) is 28.3 Å². The van der Waals surface area contributed by atoms with Crippen molar-refractivity contribution in [2.45, 2.75) is 29.8 Å². The predicted molar refractivity (Wildman–Crippen MR) is 68.7 cm³/mol. The third-order valence-corrected chi connectivity index (χ3v) is 3.02. The molecule has 0 aromatic rings. The average Bonchev–Trinajstić information content (AvgIpc) is 2.23. The molecular weight excluding hydrogens is 281 g/mol. The number of nitrogens with one attached hydrogen (secondary N) is 3. The Morgan fingerprint density at radius 1 is 1.44 bits per heavy atom. The molecule has 8 heteroatoms. The summed E-state index contributed by atoms with van der Waals surface area (Å²) in [7, 11) is 0. The maximum Gasteiger partial charge on any atom is 0.305 e. The van der Waals surface area contributed by atoms with Crippen LogP contribution in [-0.4, -0.2) is 47.1 Å². The Bertz CT molecular complexity index is 313. The molecule has 1 aliphatic heterocycles. The van der Waals surface area contributed by atoms with Crippen LogP contribution in [0.15, 0.2) is 0 Å². The molecule has 1 rings (SSSR count). The Labute approximate surface area is 115 Å². The molecule has 1 unspecified atom stereocenters. The summed E-state index contributed by atoms with van der Waals surface area (Å²) in [6.07, 6.45) is 1.30. The number of rotatable bonds is 4. The highest BCUT2D eigenvalue weighted by atomic mass is 35.5. The first kappa shape index (κ1) is 15.5. The molecule has 104 valence electrons. The highest BCUT2D eigenvalue weighted by molar-refractivity contribution is 6.48. The lowest BCUT2D eigenvalue weighted by molar-refractivity contribution is -0.137. The van der Waals surface area contributed by atoms with E-state index in [-0.39, 0.29) is 18.9 Å². The summed E-state index contributed by atoms with van der Waals surface area (Å²) >= 11 is 12.0. The third kappa shape index (κ3) is 5.86. The van der Waals surface area contributed by atoms with Gasteiger partial charge in [-0.15, -0.1) is 0 Å². The van der Waals surface area contributed by atoms with E-state index in [1.54, 1.807) is 0 Å². The molecule has 0 aliphatic carbocycles. The number of carbonyl (C=O) groups excluding carboxylic acids is 1. The zero-order valence-corrected chi connectivity index (χ0v) is 11.4. The number of alkyl halides is 2. The standard InChI is InChI=1S/C10H17Cl2N3O3/c11-10(12)6-13-4-1-2-7(15-10)9(18)14-5-3-8(16)17/h7,13,15H,1-6H2,(H,14,18)(H,16,17). The quantitative estimate of drug-likeness (QED) is 0.435. The number of carboxylic acids is 1. The summed E-state index contributed by atoms with van der Waals surface area (Å²) in [5.74, 6) is -1.22. The highest BCUT2D eigenvalue weighted by Crippen LogP contribution is 2.19. The van der Waals surface area contributed by atoms with Gasteiger partial charge in [-0.25, -0.2) is 0 Å². The highest BCUT2D eigenvalue weighted by Gasteiger charge is 2.31. The van der Waals surface area contributed by atoms with E-state index >= 15 is 0 Å². The predicted octanol–water partition coefficient (Wildman–Crippen LogP) is 0.0503. The summed E-state index contributed by atoms with van der Waals surface area (Å²) in [5.41, 5.74) is 0. The van der Waals surface area contributed by atoms with Gasteiger partial charge in [0.2, 0.25) is 5.91 Å². The second-order valence-electron chi connectivity index (χ2n) is 4.16. The topological polar surface area (TPSA) is 90.5 Å². The molecule has 0 radical (unpaired) electrons. The van der Waals surface area contributed by atoms with Gasteiger partial charge < -0.3 is 15.7 Å². The molecule has 1 amide bonds. The van der Waals surface area contributed by atoms with Crippen LogP contribution in [-0.2, 0) is 9.59 Å². The molecular formula is C10H17Cl2N3O3. The van der Waals surface area contributed by atoms with Crippen LogP contribution in [0, 0.1) is 0 Å². The Hall–Kier alpha value is -0.560. The van der Waals surface area contributed by atoms with Gasteiger partial charge in [0, 0.05) is 13.1 Å². The van der Waals surface area contributed by atoms with Gasteiger partial charge in [-0.3, -0.25) is 14.9 Å². The average molecular weight is 298 g/mol. The summed E-state index contributed by atoms with van der Waals surface area (Å²) in [6, 6.07) is -0.504. The lowest BCUT2D eigenvalue weighted by atomic mass is 10.1. The molecule has 0 aromatic carbocycles. The van der Waals surface area contributed by atoms with Crippen LogP contribution in [0.5, 0.6) is 0 Å². The Kier molecular flexibility index (Phi) is 6.14. The van der Waals surface area contributed by atoms with Crippen LogP contribution in [0.4, 0.5) is 0 Å². The van der Waals surface area contributed by atoms with E-state index in [2.05, 4.69) is 16.0 Å². The largest absolute Gasteiger partial charge is 0.481 e. The van der Waals surface area contributed by atoms with Crippen molar-refractivity contribution in [1.29, 1.82) is 0 Å². The van der Waals surface area contributed by atoms with Gasteiger partial charge in [-0.2, -0.15) is 0 Å². The molecule has 6 nitrogen and oxygen atoms in total. The van der Waals surface area contributed by atoms with E-state index in [1.165, 1.54) is 0 Å². The van der Waals surface area contributed by atoms with Crippen molar-refractivity contribution in [3.05, 3.63) is 0 Å². The monoisotopic (exact) mass is 297 g/mol. The second kappa shape index (κ2) is 7.13. The van der Waals surface area contributed by atoms with Crippen molar-refractivity contribution in [3.63, 3.8) is 0 Å². The molecule has 1 fully saturated rings. The van der Waals surface area contributed by atoms with Crippen molar-refractivity contribution in [2.75, 3.05) is 19.6 Å². The number of amides is 1. The first-order chi connectivity index (χ1) is 8.41. The van der Waals surface area contributed by atoms with Gasteiger partial charge in [-0.1, -0.05) is 23.2 Å². The Balaban J connectivity index is 2.45. The first-order valence-corrected chi connectivity index (χ1v) is 6.52. The van der Waals surface area contributed by atoms with Gasteiger partial charge >= 0.3 is 5.97 Å². The van der Waals surface area contributed by atoms with Crippen LogP contribution in [0.25, 0.3) is 0 Å². The molecule has 18 heavy (non-hydrogen) atoms. The number of hydrogen-bond donors (Lipinski definition) is 4. The fourth-order valence-electron chi connectivity index (χ4n) is 1.67. The second-order valence-corrected chi connectivity index (χ2v) is 5.64.